The Hall–Kier alpha value is -0.760. The predicted octanol–water partition coefficient (Wildman–Crippen LogP) is 2.97. The largest absolute Gasteiger partial charge is 0.360 e. The molecule has 0 radical (unpaired) electrons. The van der Waals surface area contributed by atoms with Gasteiger partial charge in [0.05, 0.1) is 5.02 Å². The van der Waals surface area contributed by atoms with Crippen LogP contribution in [0.15, 0.2) is 18.3 Å². The van der Waals surface area contributed by atoms with E-state index < -0.39 is 0 Å². The van der Waals surface area contributed by atoms with E-state index in [1.807, 2.05) is 19.2 Å². The number of anilines is 1. The molecule has 0 saturated carbocycles. The number of unbranched alkanes of at least 4 members (excludes halogenated alkanes) is 1. The fraction of sp³-hybridized carbons (Fsp3) is 0.500. The molecular weight excluding hydrogens is 184 g/mol. The van der Waals surface area contributed by atoms with Gasteiger partial charge in [-0.3, -0.25) is 0 Å². The molecule has 1 rings (SSSR count). The molecule has 0 fully saturated rings. The van der Waals surface area contributed by atoms with E-state index in [0.717, 1.165) is 12.4 Å². The molecule has 0 amide bonds. The van der Waals surface area contributed by atoms with Gasteiger partial charge in [0.15, 0.2) is 0 Å². The maximum Gasteiger partial charge on any atom is 0.128 e. The van der Waals surface area contributed by atoms with E-state index in [0.29, 0.717) is 5.02 Å². The molecule has 3 heteroatoms. The van der Waals surface area contributed by atoms with Crippen LogP contribution in [-0.4, -0.2) is 18.6 Å². The molecule has 2 nitrogen and oxygen atoms in total. The van der Waals surface area contributed by atoms with Gasteiger partial charge < -0.3 is 4.90 Å². The SMILES string of the molecule is CCCCN(C)c1ccc(Cl)cn1. The number of hydrogen-bond acceptors (Lipinski definition) is 2. The van der Waals surface area contributed by atoms with Crippen LogP contribution in [0.1, 0.15) is 19.8 Å². The molecule has 0 aromatic carbocycles. The zero-order valence-electron chi connectivity index (χ0n) is 8.13. The summed E-state index contributed by atoms with van der Waals surface area (Å²) in [6.45, 7) is 3.23. The third-order valence-electron chi connectivity index (χ3n) is 1.95. The van der Waals surface area contributed by atoms with E-state index in [1.54, 1.807) is 6.20 Å². The molecule has 0 aliphatic carbocycles. The Morgan fingerprint density at radius 1 is 1.46 bits per heavy atom. The van der Waals surface area contributed by atoms with Gasteiger partial charge in [-0.15, -0.1) is 0 Å². The molecule has 0 aliphatic rings. The van der Waals surface area contributed by atoms with Crippen molar-refractivity contribution in [2.45, 2.75) is 19.8 Å². The smallest absolute Gasteiger partial charge is 0.128 e. The molecule has 72 valence electrons. The van der Waals surface area contributed by atoms with Crippen molar-refractivity contribution >= 4 is 17.4 Å². The minimum atomic E-state index is 0.688. The molecule has 0 atom stereocenters. The highest BCUT2D eigenvalue weighted by Gasteiger charge is 2.00. The summed E-state index contributed by atoms with van der Waals surface area (Å²) in [5.74, 6) is 0.984. The Kier molecular flexibility index (Phi) is 4.03. The first-order chi connectivity index (χ1) is 6.24. The average molecular weight is 199 g/mol. The van der Waals surface area contributed by atoms with Crippen molar-refractivity contribution in [2.24, 2.45) is 0 Å². The quantitative estimate of drug-likeness (QED) is 0.740. The van der Waals surface area contributed by atoms with Crippen molar-refractivity contribution in [1.82, 2.24) is 4.98 Å². The Balaban J connectivity index is 2.55. The van der Waals surface area contributed by atoms with Crippen LogP contribution in [0.5, 0.6) is 0 Å². The van der Waals surface area contributed by atoms with Gasteiger partial charge in [0.25, 0.3) is 0 Å². The summed E-state index contributed by atoms with van der Waals surface area (Å²) in [6, 6.07) is 3.81. The van der Waals surface area contributed by atoms with Crippen LogP contribution in [0.4, 0.5) is 5.82 Å². The highest BCUT2D eigenvalue weighted by molar-refractivity contribution is 6.30. The topological polar surface area (TPSA) is 16.1 Å². The molecule has 0 aliphatic heterocycles. The molecule has 1 aromatic heterocycles. The summed E-state index contributed by atoms with van der Waals surface area (Å²) in [4.78, 5) is 6.36. The fourth-order valence-corrected chi connectivity index (χ4v) is 1.22. The normalized spacial score (nSPS) is 10.1. The van der Waals surface area contributed by atoms with E-state index in [4.69, 9.17) is 11.6 Å². The lowest BCUT2D eigenvalue weighted by Crippen LogP contribution is -2.19. The van der Waals surface area contributed by atoms with Crippen LogP contribution in [0.2, 0.25) is 5.02 Å². The minimum Gasteiger partial charge on any atom is -0.360 e. The number of halogens is 1. The highest BCUT2D eigenvalue weighted by atomic mass is 35.5. The van der Waals surface area contributed by atoms with Crippen LogP contribution in [0.25, 0.3) is 0 Å². The van der Waals surface area contributed by atoms with Crippen LogP contribution in [0.3, 0.4) is 0 Å². The highest BCUT2D eigenvalue weighted by Crippen LogP contribution is 2.12. The van der Waals surface area contributed by atoms with Crippen molar-refractivity contribution in [3.63, 3.8) is 0 Å². The van der Waals surface area contributed by atoms with Crippen molar-refractivity contribution in [1.29, 1.82) is 0 Å². The van der Waals surface area contributed by atoms with Gasteiger partial charge in [-0.25, -0.2) is 4.98 Å². The fourth-order valence-electron chi connectivity index (χ4n) is 1.10. The number of rotatable bonds is 4. The molecule has 0 spiro atoms. The molecule has 13 heavy (non-hydrogen) atoms. The lowest BCUT2D eigenvalue weighted by Gasteiger charge is -2.17. The van der Waals surface area contributed by atoms with Gasteiger partial charge in [0, 0.05) is 19.8 Å². The third-order valence-corrected chi connectivity index (χ3v) is 2.17. The number of hydrogen-bond donors (Lipinski definition) is 0. The molecule has 0 unspecified atom stereocenters. The summed E-state index contributed by atoms with van der Waals surface area (Å²) < 4.78 is 0. The Morgan fingerprint density at radius 2 is 2.23 bits per heavy atom. The molecule has 0 N–H and O–H groups in total. The number of aromatic nitrogens is 1. The standard InChI is InChI=1S/C10H15ClN2/c1-3-4-7-13(2)10-6-5-9(11)8-12-10/h5-6,8H,3-4,7H2,1-2H3. The first-order valence-electron chi connectivity index (χ1n) is 4.56. The Bertz CT molecular complexity index is 246. The van der Waals surface area contributed by atoms with Crippen LogP contribution < -0.4 is 4.90 Å². The lowest BCUT2D eigenvalue weighted by molar-refractivity contribution is 0.759. The average Bonchev–Trinajstić information content (AvgIpc) is 2.15. The molecular formula is C10H15ClN2. The monoisotopic (exact) mass is 198 g/mol. The first-order valence-corrected chi connectivity index (χ1v) is 4.94. The zero-order valence-corrected chi connectivity index (χ0v) is 8.88. The van der Waals surface area contributed by atoms with Crippen LogP contribution >= 0.6 is 11.6 Å². The van der Waals surface area contributed by atoms with Gasteiger partial charge in [-0.1, -0.05) is 24.9 Å². The summed E-state index contributed by atoms with van der Waals surface area (Å²) >= 11 is 5.74. The third kappa shape index (κ3) is 3.23. The number of nitrogens with zero attached hydrogens (tertiary/aromatic N) is 2. The number of pyridine rings is 1. The molecule has 1 aromatic rings. The summed E-state index contributed by atoms with van der Waals surface area (Å²) in [5.41, 5.74) is 0. The Labute approximate surface area is 84.5 Å². The van der Waals surface area contributed by atoms with Crippen molar-refractivity contribution in [2.75, 3.05) is 18.5 Å². The second kappa shape index (κ2) is 5.07. The van der Waals surface area contributed by atoms with E-state index in [1.165, 1.54) is 12.8 Å². The van der Waals surface area contributed by atoms with Gasteiger partial charge in [0.1, 0.15) is 5.82 Å². The second-order valence-electron chi connectivity index (χ2n) is 3.11. The zero-order chi connectivity index (χ0) is 9.68. The summed E-state index contributed by atoms with van der Waals surface area (Å²) in [5, 5.41) is 0.688. The van der Waals surface area contributed by atoms with Crippen molar-refractivity contribution < 1.29 is 0 Å². The predicted molar refractivity (Wildman–Crippen MR) is 57.4 cm³/mol. The summed E-state index contributed by atoms with van der Waals surface area (Å²) in [7, 11) is 2.05. The van der Waals surface area contributed by atoms with Crippen LogP contribution in [0, 0.1) is 0 Å². The van der Waals surface area contributed by atoms with Crippen molar-refractivity contribution in [3.05, 3.63) is 23.4 Å². The maximum absolute atomic E-state index is 5.74. The van der Waals surface area contributed by atoms with E-state index in [-0.39, 0.29) is 0 Å². The minimum absolute atomic E-state index is 0.688. The molecule has 0 bridgehead atoms. The second-order valence-corrected chi connectivity index (χ2v) is 3.55. The van der Waals surface area contributed by atoms with Gasteiger partial charge >= 0.3 is 0 Å². The summed E-state index contributed by atoms with van der Waals surface area (Å²) in [6.07, 6.45) is 4.08. The van der Waals surface area contributed by atoms with Crippen molar-refractivity contribution in [3.8, 4) is 0 Å². The van der Waals surface area contributed by atoms with Gasteiger partial charge in [-0.2, -0.15) is 0 Å². The van der Waals surface area contributed by atoms with Gasteiger partial charge in [-0.05, 0) is 18.6 Å². The van der Waals surface area contributed by atoms with E-state index in [2.05, 4.69) is 16.8 Å². The molecule has 0 saturated heterocycles. The lowest BCUT2D eigenvalue weighted by atomic mass is 10.3. The Morgan fingerprint density at radius 3 is 2.77 bits per heavy atom. The van der Waals surface area contributed by atoms with E-state index >= 15 is 0 Å². The molecule has 1 heterocycles. The van der Waals surface area contributed by atoms with E-state index in [9.17, 15) is 0 Å². The first kappa shape index (κ1) is 10.3. The van der Waals surface area contributed by atoms with Gasteiger partial charge in [0.2, 0.25) is 0 Å². The van der Waals surface area contributed by atoms with Crippen LogP contribution in [-0.2, 0) is 0 Å². The maximum atomic E-state index is 5.74.